The summed E-state index contributed by atoms with van der Waals surface area (Å²) < 4.78 is 31.4. The van der Waals surface area contributed by atoms with Crippen molar-refractivity contribution < 1.29 is 28.8 Å². The molecule has 208 valence electrons. The van der Waals surface area contributed by atoms with Crippen molar-refractivity contribution in [2.45, 2.75) is 57.1 Å². The van der Waals surface area contributed by atoms with E-state index in [2.05, 4.69) is 0 Å². The quantitative estimate of drug-likeness (QED) is 0.236. The van der Waals surface area contributed by atoms with Gasteiger partial charge in [0.15, 0.2) is 6.29 Å². The molecular formula is C34H36O6. The number of ether oxygens (including phenoxy) is 5. The highest BCUT2D eigenvalue weighted by Gasteiger charge is 2.48. The molecule has 6 nitrogen and oxygen atoms in total. The van der Waals surface area contributed by atoms with Crippen LogP contribution in [-0.4, -0.2) is 42.4 Å². The number of hydrogen-bond acceptors (Lipinski definition) is 6. The van der Waals surface area contributed by atoms with Crippen LogP contribution in [0.4, 0.5) is 0 Å². The second kappa shape index (κ2) is 14.9. The summed E-state index contributed by atoms with van der Waals surface area (Å²) in [6, 6.07) is 39.7. The van der Waals surface area contributed by atoms with Crippen LogP contribution in [0.5, 0.6) is 0 Å². The zero-order valence-corrected chi connectivity index (χ0v) is 22.5. The van der Waals surface area contributed by atoms with Gasteiger partial charge < -0.3 is 28.8 Å². The van der Waals surface area contributed by atoms with Crippen LogP contribution in [0, 0.1) is 0 Å². The van der Waals surface area contributed by atoms with Gasteiger partial charge in [-0.3, -0.25) is 0 Å². The molecule has 1 heterocycles. The van der Waals surface area contributed by atoms with E-state index in [9.17, 15) is 5.11 Å². The molecule has 0 saturated carbocycles. The maximum absolute atomic E-state index is 11.2. The van der Waals surface area contributed by atoms with Crippen LogP contribution in [-0.2, 0) is 50.1 Å². The molecule has 0 aromatic heterocycles. The number of aliphatic hydroxyl groups excluding tert-OH is 1. The Morgan fingerprint density at radius 2 is 0.850 bits per heavy atom. The molecule has 5 atom stereocenters. The largest absolute Gasteiger partial charge is 0.374 e. The maximum Gasteiger partial charge on any atom is 0.184 e. The first-order chi connectivity index (χ1) is 19.8. The molecule has 0 bridgehead atoms. The van der Waals surface area contributed by atoms with E-state index in [1.165, 1.54) is 0 Å². The molecule has 1 aliphatic heterocycles. The summed E-state index contributed by atoms with van der Waals surface area (Å²) in [4.78, 5) is 0. The van der Waals surface area contributed by atoms with Crippen LogP contribution < -0.4 is 0 Å². The number of benzene rings is 4. The zero-order valence-electron chi connectivity index (χ0n) is 22.5. The van der Waals surface area contributed by atoms with Gasteiger partial charge in [-0.15, -0.1) is 0 Å². The normalized spacial score (nSPS) is 22.7. The first kappa shape index (κ1) is 28.2. The third-order valence-electron chi connectivity index (χ3n) is 6.86. The van der Waals surface area contributed by atoms with Gasteiger partial charge >= 0.3 is 0 Å². The summed E-state index contributed by atoms with van der Waals surface area (Å²) >= 11 is 0. The molecule has 0 aliphatic carbocycles. The van der Waals surface area contributed by atoms with Crippen LogP contribution in [0.3, 0.4) is 0 Å². The van der Waals surface area contributed by atoms with E-state index in [4.69, 9.17) is 23.7 Å². The molecule has 4 aromatic rings. The van der Waals surface area contributed by atoms with Gasteiger partial charge in [-0.05, 0) is 22.3 Å². The van der Waals surface area contributed by atoms with Crippen LogP contribution in [0.25, 0.3) is 0 Å². The Morgan fingerprint density at radius 1 is 0.475 bits per heavy atom. The standard InChI is InChI=1S/C34H36O6/c35-34-33(39-24-29-19-11-4-12-20-29)32(38-23-28-17-9-3-10-18-28)31(37-22-27-15-7-2-8-16-27)30(40-34)25-36-21-26-13-5-1-6-14-26/h1-20,30-35H,21-25H2/t30-,31+,32+,33-,34+/m0/s1. The summed E-state index contributed by atoms with van der Waals surface area (Å²) in [5.74, 6) is 0. The van der Waals surface area contributed by atoms with E-state index < -0.39 is 30.7 Å². The lowest BCUT2D eigenvalue weighted by molar-refractivity contribution is -0.317. The topological polar surface area (TPSA) is 66.4 Å². The van der Waals surface area contributed by atoms with Crippen LogP contribution in [0.2, 0.25) is 0 Å². The van der Waals surface area contributed by atoms with Crippen molar-refractivity contribution in [2.75, 3.05) is 6.61 Å². The Hall–Kier alpha value is -3.36. The van der Waals surface area contributed by atoms with E-state index in [0.29, 0.717) is 26.4 Å². The van der Waals surface area contributed by atoms with E-state index in [0.717, 1.165) is 22.3 Å². The van der Waals surface area contributed by atoms with Crippen molar-refractivity contribution >= 4 is 0 Å². The summed E-state index contributed by atoms with van der Waals surface area (Å²) in [5, 5.41) is 11.2. The summed E-state index contributed by atoms with van der Waals surface area (Å²) in [7, 11) is 0. The third kappa shape index (κ3) is 8.08. The van der Waals surface area contributed by atoms with Crippen LogP contribution in [0.1, 0.15) is 22.3 Å². The molecule has 0 unspecified atom stereocenters. The minimum absolute atomic E-state index is 0.224. The Morgan fingerprint density at radius 3 is 1.30 bits per heavy atom. The van der Waals surface area contributed by atoms with Crippen LogP contribution >= 0.6 is 0 Å². The molecule has 1 saturated heterocycles. The molecule has 0 radical (unpaired) electrons. The SMILES string of the molecule is O[C@@H]1O[C@@H](COCc2ccccc2)[C@@H](OCc2ccccc2)[C@@H](OCc2ccccc2)[C@@H]1OCc1ccccc1. The first-order valence-electron chi connectivity index (χ1n) is 13.7. The number of hydrogen-bond donors (Lipinski definition) is 1. The van der Waals surface area contributed by atoms with E-state index in [1.54, 1.807) is 0 Å². The Labute approximate surface area is 236 Å². The highest BCUT2D eigenvalue weighted by molar-refractivity contribution is 5.16. The van der Waals surface area contributed by atoms with Crippen molar-refractivity contribution in [1.82, 2.24) is 0 Å². The fourth-order valence-electron chi connectivity index (χ4n) is 4.77. The lowest BCUT2D eigenvalue weighted by Gasteiger charge is -2.44. The minimum atomic E-state index is -1.22. The van der Waals surface area contributed by atoms with E-state index in [1.807, 2.05) is 121 Å². The van der Waals surface area contributed by atoms with Crippen molar-refractivity contribution in [3.05, 3.63) is 144 Å². The van der Waals surface area contributed by atoms with Crippen LogP contribution in [0.15, 0.2) is 121 Å². The average Bonchev–Trinajstić information content (AvgIpc) is 3.01. The molecule has 1 fully saturated rings. The predicted octanol–water partition coefficient (Wildman–Crippen LogP) is 5.68. The molecule has 1 N–H and O–H groups in total. The van der Waals surface area contributed by atoms with E-state index >= 15 is 0 Å². The average molecular weight is 541 g/mol. The Bertz CT molecular complexity index is 1240. The Balaban J connectivity index is 1.36. The molecular weight excluding hydrogens is 504 g/mol. The van der Waals surface area contributed by atoms with Gasteiger partial charge in [-0.1, -0.05) is 121 Å². The highest BCUT2D eigenvalue weighted by Crippen LogP contribution is 2.30. The Kier molecular flexibility index (Phi) is 10.5. The smallest absolute Gasteiger partial charge is 0.184 e. The summed E-state index contributed by atoms with van der Waals surface area (Å²) in [5.41, 5.74) is 4.10. The minimum Gasteiger partial charge on any atom is -0.374 e. The summed E-state index contributed by atoms with van der Waals surface area (Å²) in [6.45, 7) is 1.65. The molecule has 0 spiro atoms. The van der Waals surface area contributed by atoms with Crippen molar-refractivity contribution in [3.8, 4) is 0 Å². The molecule has 6 heteroatoms. The van der Waals surface area contributed by atoms with Crippen molar-refractivity contribution in [2.24, 2.45) is 0 Å². The van der Waals surface area contributed by atoms with Gasteiger partial charge in [0, 0.05) is 0 Å². The van der Waals surface area contributed by atoms with Gasteiger partial charge in [0.2, 0.25) is 0 Å². The second-order valence-corrected chi connectivity index (χ2v) is 9.85. The molecule has 5 rings (SSSR count). The zero-order chi connectivity index (χ0) is 27.4. The van der Waals surface area contributed by atoms with Gasteiger partial charge in [-0.25, -0.2) is 0 Å². The van der Waals surface area contributed by atoms with Gasteiger partial charge in [0.25, 0.3) is 0 Å². The lowest BCUT2D eigenvalue weighted by atomic mass is 9.98. The molecule has 1 aliphatic rings. The number of rotatable bonds is 13. The third-order valence-corrected chi connectivity index (χ3v) is 6.86. The first-order valence-corrected chi connectivity index (χ1v) is 13.7. The lowest BCUT2D eigenvalue weighted by Crippen LogP contribution is -2.61. The predicted molar refractivity (Wildman–Crippen MR) is 152 cm³/mol. The molecule has 4 aromatic carbocycles. The maximum atomic E-state index is 11.2. The van der Waals surface area contributed by atoms with Gasteiger partial charge in [0.1, 0.15) is 24.4 Å². The fourth-order valence-corrected chi connectivity index (χ4v) is 4.77. The molecule has 40 heavy (non-hydrogen) atoms. The molecule has 0 amide bonds. The highest BCUT2D eigenvalue weighted by atomic mass is 16.7. The monoisotopic (exact) mass is 540 g/mol. The van der Waals surface area contributed by atoms with Gasteiger partial charge in [0.05, 0.1) is 33.0 Å². The van der Waals surface area contributed by atoms with E-state index in [-0.39, 0.29) is 6.61 Å². The second-order valence-electron chi connectivity index (χ2n) is 9.85. The van der Waals surface area contributed by atoms with Crippen molar-refractivity contribution in [1.29, 1.82) is 0 Å². The number of aliphatic hydroxyl groups is 1. The van der Waals surface area contributed by atoms with Crippen molar-refractivity contribution in [3.63, 3.8) is 0 Å². The summed E-state index contributed by atoms with van der Waals surface area (Å²) in [6.07, 6.45) is -3.72. The fraction of sp³-hybridized carbons (Fsp3) is 0.294. The van der Waals surface area contributed by atoms with Gasteiger partial charge in [-0.2, -0.15) is 0 Å².